The molecule has 0 atom stereocenters. The Bertz CT molecular complexity index is 634. The van der Waals surface area contributed by atoms with Gasteiger partial charge in [-0.15, -0.1) is 24.0 Å². The van der Waals surface area contributed by atoms with Gasteiger partial charge < -0.3 is 15.4 Å². The van der Waals surface area contributed by atoms with Crippen molar-refractivity contribution in [2.75, 3.05) is 39.1 Å². The van der Waals surface area contributed by atoms with Crippen LogP contribution >= 0.6 is 24.0 Å². The zero-order valence-electron chi connectivity index (χ0n) is 15.3. The predicted molar refractivity (Wildman–Crippen MR) is 116 cm³/mol. The molecule has 2 N–H and O–H groups in total. The van der Waals surface area contributed by atoms with Crippen molar-refractivity contribution >= 4 is 39.8 Å². The first-order valence-electron chi connectivity index (χ1n) is 8.92. The van der Waals surface area contributed by atoms with E-state index in [0.29, 0.717) is 23.8 Å². The largest absolute Gasteiger partial charge is 0.381 e. The SMILES string of the molecule is CN=C(NCCCOCC1CC1)NCCCS(=O)(=O)c1ccccc1.I. The first kappa shape index (κ1) is 23.2. The van der Waals surface area contributed by atoms with Crippen molar-refractivity contribution in [2.24, 2.45) is 10.9 Å². The third-order valence-corrected chi connectivity index (χ3v) is 5.83. The molecule has 0 aromatic heterocycles. The van der Waals surface area contributed by atoms with Gasteiger partial charge in [-0.25, -0.2) is 8.42 Å². The average Bonchev–Trinajstić information content (AvgIpc) is 3.44. The van der Waals surface area contributed by atoms with Gasteiger partial charge in [0.25, 0.3) is 0 Å². The molecule has 1 aromatic rings. The molecule has 1 aromatic carbocycles. The Kier molecular flexibility index (Phi) is 11.1. The molecule has 1 aliphatic carbocycles. The topological polar surface area (TPSA) is 79.8 Å². The maximum Gasteiger partial charge on any atom is 0.190 e. The van der Waals surface area contributed by atoms with Crippen molar-refractivity contribution in [3.05, 3.63) is 30.3 Å². The van der Waals surface area contributed by atoms with E-state index in [1.165, 1.54) is 12.8 Å². The molecule has 148 valence electrons. The van der Waals surface area contributed by atoms with Gasteiger partial charge in [-0.1, -0.05) is 18.2 Å². The predicted octanol–water partition coefficient (Wildman–Crippen LogP) is 2.45. The van der Waals surface area contributed by atoms with Crippen LogP contribution in [0.3, 0.4) is 0 Å². The summed E-state index contributed by atoms with van der Waals surface area (Å²) in [6.45, 7) is 3.00. The second-order valence-corrected chi connectivity index (χ2v) is 8.39. The number of ether oxygens (including phenoxy) is 1. The summed E-state index contributed by atoms with van der Waals surface area (Å²) in [4.78, 5) is 4.52. The van der Waals surface area contributed by atoms with Crippen LogP contribution in [0.2, 0.25) is 0 Å². The van der Waals surface area contributed by atoms with Crippen LogP contribution in [-0.4, -0.2) is 53.5 Å². The van der Waals surface area contributed by atoms with Crippen LogP contribution < -0.4 is 10.6 Å². The molecular formula is C18H30IN3O3S. The molecule has 0 bridgehead atoms. The monoisotopic (exact) mass is 495 g/mol. The molecule has 2 rings (SSSR count). The van der Waals surface area contributed by atoms with E-state index in [1.54, 1.807) is 31.3 Å². The van der Waals surface area contributed by atoms with Crippen molar-refractivity contribution in [3.63, 3.8) is 0 Å². The van der Waals surface area contributed by atoms with Crippen LogP contribution in [0.25, 0.3) is 0 Å². The maximum absolute atomic E-state index is 12.2. The first-order valence-corrected chi connectivity index (χ1v) is 10.6. The summed E-state index contributed by atoms with van der Waals surface area (Å²) >= 11 is 0. The van der Waals surface area contributed by atoms with E-state index < -0.39 is 9.84 Å². The normalized spacial score (nSPS) is 14.6. The van der Waals surface area contributed by atoms with Crippen LogP contribution in [0.4, 0.5) is 0 Å². The highest BCUT2D eigenvalue weighted by Crippen LogP contribution is 2.28. The van der Waals surface area contributed by atoms with Gasteiger partial charge in [0.05, 0.1) is 10.6 Å². The van der Waals surface area contributed by atoms with Crippen LogP contribution in [0.5, 0.6) is 0 Å². The lowest BCUT2D eigenvalue weighted by Gasteiger charge is -2.12. The van der Waals surface area contributed by atoms with Gasteiger partial charge in [0.15, 0.2) is 15.8 Å². The molecule has 26 heavy (non-hydrogen) atoms. The van der Waals surface area contributed by atoms with E-state index in [9.17, 15) is 8.42 Å². The number of rotatable bonds is 11. The van der Waals surface area contributed by atoms with E-state index in [-0.39, 0.29) is 29.7 Å². The fourth-order valence-corrected chi connectivity index (χ4v) is 3.68. The minimum Gasteiger partial charge on any atom is -0.381 e. The Morgan fingerprint density at radius 1 is 1.15 bits per heavy atom. The van der Waals surface area contributed by atoms with Crippen molar-refractivity contribution in [1.29, 1.82) is 0 Å². The number of halogens is 1. The van der Waals surface area contributed by atoms with Gasteiger partial charge in [-0.05, 0) is 43.7 Å². The van der Waals surface area contributed by atoms with E-state index in [1.807, 2.05) is 6.07 Å². The van der Waals surface area contributed by atoms with Crippen molar-refractivity contribution in [3.8, 4) is 0 Å². The van der Waals surface area contributed by atoms with Crippen LogP contribution in [-0.2, 0) is 14.6 Å². The minimum atomic E-state index is -3.21. The molecule has 0 radical (unpaired) electrons. The summed E-state index contributed by atoms with van der Waals surface area (Å²) in [5.41, 5.74) is 0. The fraction of sp³-hybridized carbons (Fsp3) is 0.611. The van der Waals surface area contributed by atoms with Crippen LogP contribution in [0.1, 0.15) is 25.7 Å². The Balaban J connectivity index is 0.00000338. The molecule has 8 heteroatoms. The summed E-state index contributed by atoms with van der Waals surface area (Å²) in [5.74, 6) is 1.62. The van der Waals surface area contributed by atoms with Crippen LogP contribution in [0, 0.1) is 5.92 Å². The first-order chi connectivity index (χ1) is 12.1. The molecule has 1 aliphatic rings. The molecule has 0 amide bonds. The number of benzene rings is 1. The number of sulfone groups is 1. The van der Waals surface area contributed by atoms with E-state index >= 15 is 0 Å². The van der Waals surface area contributed by atoms with Gasteiger partial charge >= 0.3 is 0 Å². The van der Waals surface area contributed by atoms with Crippen molar-refractivity contribution in [2.45, 2.75) is 30.6 Å². The van der Waals surface area contributed by atoms with E-state index in [4.69, 9.17) is 4.74 Å². The smallest absolute Gasteiger partial charge is 0.190 e. The van der Waals surface area contributed by atoms with Gasteiger partial charge in [-0.3, -0.25) is 4.99 Å². The maximum atomic E-state index is 12.2. The second kappa shape index (κ2) is 12.5. The standard InChI is InChI=1S/C18H29N3O3S.HI/c1-19-18(20-11-5-13-24-15-16-9-10-16)21-12-6-14-25(22,23)17-7-3-2-4-8-17;/h2-4,7-8,16H,5-6,9-15H2,1H3,(H2,19,20,21);1H. The Morgan fingerprint density at radius 3 is 2.42 bits per heavy atom. The highest BCUT2D eigenvalue weighted by Gasteiger charge is 2.20. The van der Waals surface area contributed by atoms with E-state index in [2.05, 4.69) is 15.6 Å². The van der Waals surface area contributed by atoms with Crippen molar-refractivity contribution in [1.82, 2.24) is 10.6 Å². The molecule has 0 spiro atoms. The molecule has 1 saturated carbocycles. The minimum absolute atomic E-state index is 0. The lowest BCUT2D eigenvalue weighted by Crippen LogP contribution is -2.38. The lowest BCUT2D eigenvalue weighted by molar-refractivity contribution is 0.123. The summed E-state index contributed by atoms with van der Waals surface area (Å²) in [7, 11) is -1.50. The molecule has 0 unspecified atom stereocenters. The van der Waals surface area contributed by atoms with Crippen molar-refractivity contribution < 1.29 is 13.2 Å². The molecule has 1 fully saturated rings. The molecule has 0 heterocycles. The third kappa shape index (κ3) is 9.18. The number of nitrogens with zero attached hydrogens (tertiary/aromatic N) is 1. The van der Waals surface area contributed by atoms with E-state index in [0.717, 1.165) is 32.1 Å². The third-order valence-electron chi connectivity index (χ3n) is 4.02. The zero-order valence-corrected chi connectivity index (χ0v) is 18.5. The lowest BCUT2D eigenvalue weighted by atomic mass is 10.4. The van der Waals surface area contributed by atoms with Gasteiger partial charge in [0.2, 0.25) is 0 Å². The highest BCUT2D eigenvalue weighted by molar-refractivity contribution is 14.0. The second-order valence-electron chi connectivity index (χ2n) is 6.28. The number of aliphatic imine (C=N–C) groups is 1. The highest BCUT2D eigenvalue weighted by atomic mass is 127. The zero-order chi connectivity index (χ0) is 18.0. The summed E-state index contributed by atoms with van der Waals surface area (Å²) in [5, 5.41) is 6.36. The number of nitrogens with one attached hydrogen (secondary N) is 2. The quantitative estimate of drug-likeness (QED) is 0.214. The van der Waals surface area contributed by atoms with Gasteiger partial charge in [0.1, 0.15) is 0 Å². The Hall–Kier alpha value is -0.870. The summed E-state index contributed by atoms with van der Waals surface area (Å²) in [6.07, 6.45) is 4.09. The Labute approximate surface area is 174 Å². The number of hydrogen-bond acceptors (Lipinski definition) is 4. The van der Waals surface area contributed by atoms with Gasteiger partial charge in [0, 0.05) is 33.4 Å². The average molecular weight is 495 g/mol. The number of guanidine groups is 1. The molecule has 6 nitrogen and oxygen atoms in total. The fourth-order valence-electron chi connectivity index (χ4n) is 2.35. The Morgan fingerprint density at radius 2 is 1.81 bits per heavy atom. The van der Waals surface area contributed by atoms with Crippen LogP contribution in [0.15, 0.2) is 40.2 Å². The molecular weight excluding hydrogens is 465 g/mol. The van der Waals surface area contributed by atoms with Gasteiger partial charge in [-0.2, -0.15) is 0 Å². The summed E-state index contributed by atoms with van der Waals surface area (Å²) < 4.78 is 30.0. The molecule has 0 aliphatic heterocycles. The number of hydrogen-bond donors (Lipinski definition) is 2. The summed E-state index contributed by atoms with van der Waals surface area (Å²) in [6, 6.07) is 8.56. The molecule has 0 saturated heterocycles.